The van der Waals surface area contributed by atoms with Gasteiger partial charge in [0, 0.05) is 4.90 Å². The van der Waals surface area contributed by atoms with Gasteiger partial charge in [-0.15, -0.1) is 0 Å². The average molecular weight is 288 g/mol. The molecule has 0 fully saturated rings. The number of aromatic nitrogens is 1. The number of hydrogen-bond donors (Lipinski definition) is 1. The molecule has 0 aliphatic rings. The van der Waals surface area contributed by atoms with Crippen molar-refractivity contribution < 1.29 is 9.53 Å². The summed E-state index contributed by atoms with van der Waals surface area (Å²) in [5.74, 6) is -0.401. The van der Waals surface area contributed by atoms with E-state index in [4.69, 9.17) is 10.5 Å². The fraction of sp³-hybridized carbons (Fsp3) is 0.200. The molecule has 1 heterocycles. The molecule has 0 atom stereocenters. The number of rotatable bonds is 4. The van der Waals surface area contributed by atoms with Crippen LogP contribution in [0.15, 0.2) is 46.5 Å². The predicted molar refractivity (Wildman–Crippen MR) is 79.9 cm³/mol. The Morgan fingerprint density at radius 2 is 2.05 bits per heavy atom. The van der Waals surface area contributed by atoms with Crippen LogP contribution in [0.1, 0.15) is 22.8 Å². The van der Waals surface area contributed by atoms with Crippen LogP contribution in [-0.4, -0.2) is 17.6 Å². The van der Waals surface area contributed by atoms with Crippen LogP contribution in [0, 0.1) is 6.92 Å². The first-order chi connectivity index (χ1) is 9.60. The van der Waals surface area contributed by atoms with E-state index in [2.05, 4.69) is 4.98 Å². The Hall–Kier alpha value is -2.01. The number of hydrogen-bond acceptors (Lipinski definition) is 5. The first-order valence-electron chi connectivity index (χ1n) is 6.27. The summed E-state index contributed by atoms with van der Waals surface area (Å²) in [6.07, 6.45) is 1.54. The molecule has 0 aliphatic heterocycles. The number of carbonyl (C=O) groups excluding carboxylic acids is 1. The van der Waals surface area contributed by atoms with E-state index in [9.17, 15) is 4.79 Å². The van der Waals surface area contributed by atoms with Crippen molar-refractivity contribution in [1.29, 1.82) is 0 Å². The van der Waals surface area contributed by atoms with Gasteiger partial charge in [-0.2, -0.15) is 0 Å². The van der Waals surface area contributed by atoms with Crippen LogP contribution >= 0.6 is 11.8 Å². The fourth-order valence-corrected chi connectivity index (χ4v) is 2.48. The Morgan fingerprint density at radius 1 is 1.35 bits per heavy atom. The zero-order chi connectivity index (χ0) is 14.5. The van der Waals surface area contributed by atoms with Gasteiger partial charge in [0.25, 0.3) is 0 Å². The largest absolute Gasteiger partial charge is 0.462 e. The summed E-state index contributed by atoms with van der Waals surface area (Å²) in [6.45, 7) is 4.12. The molecule has 20 heavy (non-hydrogen) atoms. The first kappa shape index (κ1) is 14.4. The number of aryl methyl sites for hydroxylation is 1. The molecule has 0 saturated carbocycles. The lowest BCUT2D eigenvalue weighted by molar-refractivity contribution is 0.0521. The minimum atomic E-state index is -0.401. The molecule has 0 amide bonds. The lowest BCUT2D eigenvalue weighted by Crippen LogP contribution is -2.08. The highest BCUT2D eigenvalue weighted by atomic mass is 32.2. The highest BCUT2D eigenvalue weighted by Crippen LogP contribution is 2.30. The summed E-state index contributed by atoms with van der Waals surface area (Å²) in [6, 6.07) is 9.62. The molecule has 4 nitrogen and oxygen atoms in total. The Kier molecular flexibility index (Phi) is 4.63. The van der Waals surface area contributed by atoms with Crippen LogP contribution in [0.25, 0.3) is 0 Å². The maximum Gasteiger partial charge on any atom is 0.340 e. The maximum atomic E-state index is 11.9. The highest BCUT2D eigenvalue weighted by molar-refractivity contribution is 7.99. The summed E-state index contributed by atoms with van der Waals surface area (Å²) in [5, 5.41) is 0.599. The van der Waals surface area contributed by atoms with E-state index in [1.165, 1.54) is 17.3 Å². The third-order valence-electron chi connectivity index (χ3n) is 2.60. The second kappa shape index (κ2) is 6.43. The SMILES string of the molecule is CCOC(=O)c1cc(N)cnc1Sc1ccc(C)cc1. The molecular formula is C15H16N2O2S. The zero-order valence-corrected chi connectivity index (χ0v) is 12.2. The molecule has 0 saturated heterocycles. The predicted octanol–water partition coefficient (Wildman–Crippen LogP) is 3.30. The standard InChI is InChI=1S/C15H16N2O2S/c1-3-19-15(18)13-8-11(16)9-17-14(13)20-12-6-4-10(2)5-7-12/h4-9H,3,16H2,1-2H3. The van der Waals surface area contributed by atoms with Crippen molar-refractivity contribution in [3.05, 3.63) is 47.7 Å². The monoisotopic (exact) mass is 288 g/mol. The molecule has 0 aliphatic carbocycles. The lowest BCUT2D eigenvalue weighted by Gasteiger charge is -2.08. The van der Waals surface area contributed by atoms with Crippen LogP contribution < -0.4 is 5.73 Å². The van der Waals surface area contributed by atoms with Gasteiger partial charge in [0.1, 0.15) is 5.03 Å². The summed E-state index contributed by atoms with van der Waals surface area (Å²) in [4.78, 5) is 17.2. The fourth-order valence-electron chi connectivity index (χ4n) is 1.62. The van der Waals surface area contributed by atoms with Gasteiger partial charge >= 0.3 is 5.97 Å². The minimum absolute atomic E-state index is 0.322. The number of nitrogen functional groups attached to an aromatic ring is 1. The quantitative estimate of drug-likeness (QED) is 0.874. The Balaban J connectivity index is 2.31. The van der Waals surface area contributed by atoms with Crippen molar-refractivity contribution in [1.82, 2.24) is 4.98 Å². The van der Waals surface area contributed by atoms with Crippen LogP contribution in [0.5, 0.6) is 0 Å². The normalized spacial score (nSPS) is 10.3. The van der Waals surface area contributed by atoms with Crippen LogP contribution in [0.2, 0.25) is 0 Å². The average Bonchev–Trinajstić information content (AvgIpc) is 2.43. The summed E-state index contributed by atoms with van der Waals surface area (Å²) >= 11 is 1.42. The number of nitrogens with two attached hydrogens (primary N) is 1. The van der Waals surface area contributed by atoms with Gasteiger partial charge < -0.3 is 10.5 Å². The Labute approximate surface area is 122 Å². The van der Waals surface area contributed by atoms with Crippen LogP contribution in [-0.2, 0) is 4.74 Å². The summed E-state index contributed by atoms with van der Waals surface area (Å²) in [5.41, 5.74) is 7.73. The van der Waals surface area contributed by atoms with Gasteiger partial charge in [0.05, 0.1) is 24.1 Å². The number of nitrogens with zero attached hydrogens (tertiary/aromatic N) is 1. The molecule has 5 heteroatoms. The Morgan fingerprint density at radius 3 is 2.70 bits per heavy atom. The number of esters is 1. The van der Waals surface area contributed by atoms with Crippen molar-refractivity contribution in [2.24, 2.45) is 0 Å². The van der Waals surface area contributed by atoms with E-state index in [0.29, 0.717) is 22.9 Å². The van der Waals surface area contributed by atoms with Gasteiger partial charge in [-0.05, 0) is 32.0 Å². The van der Waals surface area contributed by atoms with Crippen molar-refractivity contribution >= 4 is 23.4 Å². The molecule has 0 radical (unpaired) electrons. The van der Waals surface area contributed by atoms with E-state index in [0.717, 1.165) is 4.90 Å². The number of carbonyl (C=O) groups is 1. The molecule has 0 bridgehead atoms. The van der Waals surface area contributed by atoms with Gasteiger partial charge in [0.15, 0.2) is 0 Å². The van der Waals surface area contributed by atoms with E-state index in [1.807, 2.05) is 31.2 Å². The van der Waals surface area contributed by atoms with Crippen LogP contribution in [0.4, 0.5) is 5.69 Å². The highest BCUT2D eigenvalue weighted by Gasteiger charge is 2.15. The minimum Gasteiger partial charge on any atom is -0.462 e. The van der Waals surface area contributed by atoms with E-state index in [1.54, 1.807) is 19.2 Å². The molecule has 104 valence electrons. The Bertz CT molecular complexity index is 612. The van der Waals surface area contributed by atoms with Crippen LogP contribution in [0.3, 0.4) is 0 Å². The van der Waals surface area contributed by atoms with Gasteiger partial charge in [-0.25, -0.2) is 9.78 Å². The molecule has 2 N–H and O–H groups in total. The van der Waals surface area contributed by atoms with Gasteiger partial charge in [-0.3, -0.25) is 0 Å². The van der Waals surface area contributed by atoms with Crippen molar-refractivity contribution in [2.75, 3.05) is 12.3 Å². The van der Waals surface area contributed by atoms with Gasteiger partial charge in [-0.1, -0.05) is 29.5 Å². The third kappa shape index (κ3) is 3.51. The van der Waals surface area contributed by atoms with Crippen molar-refractivity contribution in [3.63, 3.8) is 0 Å². The van der Waals surface area contributed by atoms with E-state index < -0.39 is 5.97 Å². The number of benzene rings is 1. The molecule has 1 aromatic carbocycles. The second-order valence-electron chi connectivity index (χ2n) is 4.26. The lowest BCUT2D eigenvalue weighted by atomic mass is 10.2. The molecular weight excluding hydrogens is 272 g/mol. The first-order valence-corrected chi connectivity index (χ1v) is 7.09. The third-order valence-corrected chi connectivity index (χ3v) is 3.63. The topological polar surface area (TPSA) is 65.2 Å². The number of pyridine rings is 1. The van der Waals surface area contributed by atoms with E-state index in [-0.39, 0.29) is 0 Å². The van der Waals surface area contributed by atoms with Crippen molar-refractivity contribution in [2.45, 2.75) is 23.8 Å². The number of anilines is 1. The molecule has 0 unspecified atom stereocenters. The van der Waals surface area contributed by atoms with E-state index >= 15 is 0 Å². The summed E-state index contributed by atoms with van der Waals surface area (Å²) in [7, 11) is 0. The molecule has 2 aromatic rings. The second-order valence-corrected chi connectivity index (χ2v) is 5.32. The molecule has 1 aromatic heterocycles. The molecule has 2 rings (SSSR count). The van der Waals surface area contributed by atoms with Gasteiger partial charge in [0.2, 0.25) is 0 Å². The van der Waals surface area contributed by atoms with Crippen molar-refractivity contribution in [3.8, 4) is 0 Å². The maximum absolute atomic E-state index is 11.9. The molecule has 0 spiro atoms. The summed E-state index contributed by atoms with van der Waals surface area (Å²) < 4.78 is 5.03. The number of ether oxygens (including phenoxy) is 1. The smallest absolute Gasteiger partial charge is 0.340 e. The zero-order valence-electron chi connectivity index (χ0n) is 11.4.